The Morgan fingerprint density at radius 3 is 3.00 bits per heavy atom. The fourth-order valence-electron chi connectivity index (χ4n) is 0.517. The lowest BCUT2D eigenvalue weighted by molar-refractivity contribution is 0.245. The number of ether oxygens (including phenoxy) is 1. The zero-order valence-electron chi connectivity index (χ0n) is 4.30. The Balaban J connectivity index is 2.32. The lowest BCUT2D eigenvalue weighted by Gasteiger charge is -2.02. The summed E-state index contributed by atoms with van der Waals surface area (Å²) >= 11 is 5.42. The van der Waals surface area contributed by atoms with Crippen LogP contribution in [0.4, 0.5) is 0 Å². The Hall–Kier alpha value is -0.440. The third-order valence-electron chi connectivity index (χ3n) is 0.910. The molecule has 1 aliphatic rings. The summed E-state index contributed by atoms with van der Waals surface area (Å²) in [6.07, 6.45) is 0.0108. The zero-order valence-corrected chi connectivity index (χ0v) is 5.06. The first-order chi connectivity index (χ1) is 3.83. The first-order valence-corrected chi connectivity index (χ1v) is 2.89. The highest BCUT2D eigenvalue weighted by molar-refractivity contribution is 6.18. The van der Waals surface area contributed by atoms with Gasteiger partial charge in [-0.1, -0.05) is 0 Å². The molecule has 0 aromatic heterocycles. The summed E-state index contributed by atoms with van der Waals surface area (Å²) in [5.41, 5.74) is 5.17. The van der Waals surface area contributed by atoms with E-state index in [4.69, 9.17) is 22.1 Å². The lowest BCUT2D eigenvalue weighted by atomic mass is 10.4. The molecule has 0 radical (unpaired) electrons. The van der Waals surface area contributed by atoms with Crippen molar-refractivity contribution in [1.29, 1.82) is 0 Å². The molecule has 8 heavy (non-hydrogen) atoms. The van der Waals surface area contributed by atoms with Crippen LogP contribution in [-0.2, 0) is 4.74 Å². The van der Waals surface area contributed by atoms with E-state index in [1.54, 1.807) is 0 Å². The monoisotopic (exact) mass is 134 g/mol. The van der Waals surface area contributed by atoms with Gasteiger partial charge in [0.05, 0.1) is 12.4 Å². The lowest BCUT2D eigenvalue weighted by Crippen LogP contribution is -2.18. The Bertz CT molecular complexity index is 115. The average molecular weight is 135 g/mol. The van der Waals surface area contributed by atoms with Crippen LogP contribution in [0, 0.1) is 0 Å². The molecule has 0 saturated carbocycles. The maximum atomic E-state index is 5.42. The molecule has 0 fully saturated rings. The molecule has 1 aliphatic heterocycles. The summed E-state index contributed by atoms with van der Waals surface area (Å²) in [7, 11) is 0. The molecule has 46 valence electrons. The summed E-state index contributed by atoms with van der Waals surface area (Å²) in [5, 5.41) is 0. The molecule has 0 spiro atoms. The minimum absolute atomic E-state index is 0.0108. The van der Waals surface area contributed by atoms with Crippen molar-refractivity contribution in [3.05, 3.63) is 0 Å². The van der Waals surface area contributed by atoms with Gasteiger partial charge in [0.2, 0.25) is 0 Å². The number of nitrogens with two attached hydrogens (primary N) is 1. The SMILES string of the molecule is NC1=NC[C@@H](CCl)O1. The minimum Gasteiger partial charge on any atom is -0.459 e. The quantitative estimate of drug-likeness (QED) is 0.511. The van der Waals surface area contributed by atoms with Gasteiger partial charge in [-0.2, -0.15) is 0 Å². The number of hydrogen-bond acceptors (Lipinski definition) is 3. The highest BCUT2D eigenvalue weighted by Gasteiger charge is 2.14. The largest absolute Gasteiger partial charge is 0.459 e. The van der Waals surface area contributed by atoms with E-state index in [0.717, 1.165) is 0 Å². The highest BCUT2D eigenvalue weighted by atomic mass is 35.5. The number of nitrogens with zero attached hydrogens (tertiary/aromatic N) is 1. The topological polar surface area (TPSA) is 47.6 Å². The number of rotatable bonds is 1. The van der Waals surface area contributed by atoms with Gasteiger partial charge in [-0.25, -0.2) is 4.99 Å². The van der Waals surface area contributed by atoms with Gasteiger partial charge in [0, 0.05) is 0 Å². The van der Waals surface area contributed by atoms with Crippen LogP contribution in [-0.4, -0.2) is 24.6 Å². The number of hydrogen-bond donors (Lipinski definition) is 1. The van der Waals surface area contributed by atoms with Crippen LogP contribution in [0.1, 0.15) is 0 Å². The zero-order chi connectivity index (χ0) is 5.98. The average Bonchev–Trinajstić information content (AvgIpc) is 2.14. The molecule has 0 unspecified atom stereocenters. The standard InChI is InChI=1S/C4H7ClN2O/c5-1-3-2-7-4(6)8-3/h3H,1-2H2,(H2,6,7)/t3-/m1/s1. The van der Waals surface area contributed by atoms with Gasteiger partial charge in [0.15, 0.2) is 0 Å². The Morgan fingerprint density at radius 1 is 2.00 bits per heavy atom. The van der Waals surface area contributed by atoms with Crippen LogP contribution in [0.25, 0.3) is 0 Å². The van der Waals surface area contributed by atoms with Crippen molar-refractivity contribution in [2.24, 2.45) is 10.7 Å². The molecule has 4 heteroatoms. The van der Waals surface area contributed by atoms with Gasteiger partial charge in [0.25, 0.3) is 6.02 Å². The minimum atomic E-state index is 0.0108. The van der Waals surface area contributed by atoms with Gasteiger partial charge in [-0.15, -0.1) is 11.6 Å². The van der Waals surface area contributed by atoms with E-state index in [9.17, 15) is 0 Å². The van der Waals surface area contributed by atoms with Crippen molar-refractivity contribution in [3.63, 3.8) is 0 Å². The Labute approximate surface area is 52.5 Å². The molecule has 2 N–H and O–H groups in total. The third kappa shape index (κ3) is 1.04. The summed E-state index contributed by atoms with van der Waals surface area (Å²) in [5.74, 6) is 0.463. The van der Waals surface area contributed by atoms with Crippen LogP contribution in [0.5, 0.6) is 0 Å². The Kier molecular flexibility index (Phi) is 1.58. The van der Waals surface area contributed by atoms with Crippen LogP contribution in [0.15, 0.2) is 4.99 Å². The van der Waals surface area contributed by atoms with Gasteiger partial charge in [-0.3, -0.25) is 0 Å². The fourth-order valence-corrected chi connectivity index (χ4v) is 0.678. The first-order valence-electron chi connectivity index (χ1n) is 2.35. The second kappa shape index (κ2) is 2.22. The number of amidine groups is 1. The molecule has 1 heterocycles. The van der Waals surface area contributed by atoms with Gasteiger partial charge >= 0.3 is 0 Å². The molecule has 0 bridgehead atoms. The van der Waals surface area contributed by atoms with Gasteiger partial charge in [0.1, 0.15) is 6.10 Å². The smallest absolute Gasteiger partial charge is 0.282 e. The number of alkyl halides is 1. The molecule has 3 nitrogen and oxygen atoms in total. The second-order valence-electron chi connectivity index (χ2n) is 1.57. The molecule has 0 saturated heterocycles. The fraction of sp³-hybridized carbons (Fsp3) is 0.750. The molecule has 1 atom stereocenters. The summed E-state index contributed by atoms with van der Waals surface area (Å²) in [4.78, 5) is 3.78. The van der Waals surface area contributed by atoms with E-state index in [2.05, 4.69) is 4.99 Å². The molecule has 0 aliphatic carbocycles. The highest BCUT2D eigenvalue weighted by Crippen LogP contribution is 2.02. The Morgan fingerprint density at radius 2 is 2.75 bits per heavy atom. The number of halogens is 1. The molecular weight excluding hydrogens is 128 g/mol. The van der Waals surface area contributed by atoms with Gasteiger partial charge in [-0.05, 0) is 0 Å². The van der Waals surface area contributed by atoms with Crippen LogP contribution >= 0.6 is 11.6 Å². The third-order valence-corrected chi connectivity index (χ3v) is 1.25. The summed E-state index contributed by atoms with van der Waals surface area (Å²) in [6, 6.07) is 0.260. The van der Waals surface area contributed by atoms with E-state index in [0.29, 0.717) is 12.4 Å². The normalized spacial score (nSPS) is 27.1. The molecule has 0 amide bonds. The summed E-state index contributed by atoms with van der Waals surface area (Å²) < 4.78 is 4.91. The van der Waals surface area contributed by atoms with E-state index in [-0.39, 0.29) is 12.1 Å². The maximum absolute atomic E-state index is 5.42. The van der Waals surface area contributed by atoms with Gasteiger partial charge < -0.3 is 10.5 Å². The van der Waals surface area contributed by atoms with Crippen molar-refractivity contribution in [3.8, 4) is 0 Å². The van der Waals surface area contributed by atoms with E-state index >= 15 is 0 Å². The van der Waals surface area contributed by atoms with Crippen molar-refractivity contribution >= 4 is 17.6 Å². The van der Waals surface area contributed by atoms with Crippen molar-refractivity contribution in [1.82, 2.24) is 0 Å². The molecular formula is C4H7ClN2O. The predicted octanol–water partition coefficient (Wildman–Crippen LogP) is -0.0613. The maximum Gasteiger partial charge on any atom is 0.282 e. The predicted molar refractivity (Wildman–Crippen MR) is 32.1 cm³/mol. The molecule has 0 aromatic rings. The van der Waals surface area contributed by atoms with E-state index in [1.165, 1.54) is 0 Å². The van der Waals surface area contributed by atoms with E-state index in [1.807, 2.05) is 0 Å². The van der Waals surface area contributed by atoms with Crippen LogP contribution in [0.3, 0.4) is 0 Å². The van der Waals surface area contributed by atoms with E-state index < -0.39 is 0 Å². The molecule has 1 rings (SSSR count). The van der Waals surface area contributed by atoms with Crippen molar-refractivity contribution < 1.29 is 4.74 Å². The second-order valence-corrected chi connectivity index (χ2v) is 1.88. The van der Waals surface area contributed by atoms with Crippen LogP contribution < -0.4 is 5.73 Å². The van der Waals surface area contributed by atoms with Crippen molar-refractivity contribution in [2.45, 2.75) is 6.10 Å². The van der Waals surface area contributed by atoms with Crippen molar-refractivity contribution in [2.75, 3.05) is 12.4 Å². The number of aliphatic imine (C=N–C) groups is 1. The summed E-state index contributed by atoms with van der Waals surface area (Å²) in [6.45, 7) is 0.606. The molecule has 0 aromatic carbocycles. The first kappa shape index (κ1) is 5.69. The van der Waals surface area contributed by atoms with Crippen LogP contribution in [0.2, 0.25) is 0 Å².